The minimum absolute atomic E-state index is 0.00302. The van der Waals surface area contributed by atoms with E-state index in [1.54, 1.807) is 0 Å². The first-order chi connectivity index (χ1) is 9.20. The molecular weight excluding hydrogens is 244 g/mol. The van der Waals surface area contributed by atoms with Crippen molar-refractivity contribution in [1.29, 1.82) is 0 Å². The van der Waals surface area contributed by atoms with Crippen molar-refractivity contribution >= 4 is 11.6 Å². The molecule has 5 nitrogen and oxygen atoms in total. The van der Waals surface area contributed by atoms with Gasteiger partial charge in [-0.15, -0.1) is 0 Å². The highest BCUT2D eigenvalue weighted by molar-refractivity contribution is 5.84. The molecule has 1 atom stereocenters. The number of fused-ring (bicyclic) bond motifs is 1. The molecule has 0 spiro atoms. The predicted molar refractivity (Wildman–Crippen MR) is 73.8 cm³/mol. The predicted octanol–water partition coefficient (Wildman–Crippen LogP) is 1.78. The molecule has 104 valence electrons. The van der Waals surface area contributed by atoms with Crippen molar-refractivity contribution in [3.8, 4) is 11.5 Å². The van der Waals surface area contributed by atoms with Crippen molar-refractivity contribution in [2.45, 2.75) is 26.3 Å². The second-order valence-corrected chi connectivity index (χ2v) is 4.52. The number of anilines is 1. The zero-order chi connectivity index (χ0) is 13.7. The number of rotatable bonds is 5. The Morgan fingerprint density at radius 1 is 1.32 bits per heavy atom. The van der Waals surface area contributed by atoms with Gasteiger partial charge in [0.2, 0.25) is 5.91 Å². The smallest absolute Gasteiger partial charge is 0.242 e. The average Bonchev–Trinajstić information content (AvgIpc) is 2.44. The number of ether oxygens (including phenoxy) is 2. The SMILES string of the molecule is CCCNC(=O)C(C)Nc1ccc2c(c1)OCCO2. The van der Waals surface area contributed by atoms with Crippen molar-refractivity contribution < 1.29 is 14.3 Å². The quantitative estimate of drug-likeness (QED) is 0.851. The van der Waals surface area contributed by atoms with Crippen LogP contribution in [0.1, 0.15) is 20.3 Å². The molecule has 0 saturated carbocycles. The lowest BCUT2D eigenvalue weighted by molar-refractivity contribution is -0.121. The molecule has 19 heavy (non-hydrogen) atoms. The third-order valence-corrected chi connectivity index (χ3v) is 2.87. The lowest BCUT2D eigenvalue weighted by Crippen LogP contribution is -2.37. The molecule has 1 heterocycles. The number of carbonyl (C=O) groups excluding carboxylic acids is 1. The van der Waals surface area contributed by atoms with Crippen molar-refractivity contribution in [2.24, 2.45) is 0 Å². The Balaban J connectivity index is 1.97. The Morgan fingerprint density at radius 2 is 2.05 bits per heavy atom. The molecule has 1 unspecified atom stereocenters. The number of hydrogen-bond donors (Lipinski definition) is 2. The maximum absolute atomic E-state index is 11.8. The van der Waals surface area contributed by atoms with E-state index in [-0.39, 0.29) is 11.9 Å². The van der Waals surface area contributed by atoms with Crippen molar-refractivity contribution in [1.82, 2.24) is 5.32 Å². The van der Waals surface area contributed by atoms with Gasteiger partial charge in [0.1, 0.15) is 19.3 Å². The van der Waals surface area contributed by atoms with Crippen LogP contribution in [0.5, 0.6) is 11.5 Å². The summed E-state index contributed by atoms with van der Waals surface area (Å²) in [5.74, 6) is 1.47. The van der Waals surface area contributed by atoms with Gasteiger partial charge in [-0.2, -0.15) is 0 Å². The molecule has 0 aromatic heterocycles. The number of hydrogen-bond acceptors (Lipinski definition) is 4. The monoisotopic (exact) mass is 264 g/mol. The van der Waals surface area contributed by atoms with Gasteiger partial charge >= 0.3 is 0 Å². The largest absolute Gasteiger partial charge is 0.486 e. The summed E-state index contributed by atoms with van der Waals surface area (Å²) >= 11 is 0. The van der Waals surface area contributed by atoms with Crippen LogP contribution in [0.3, 0.4) is 0 Å². The minimum atomic E-state index is -0.283. The van der Waals surface area contributed by atoms with Crippen LogP contribution in [0.2, 0.25) is 0 Å². The standard InChI is InChI=1S/C14H20N2O3/c1-3-6-15-14(17)10(2)16-11-4-5-12-13(9-11)19-8-7-18-12/h4-5,9-10,16H,3,6-8H2,1-2H3,(H,15,17). The fourth-order valence-electron chi connectivity index (χ4n) is 1.85. The molecule has 0 fully saturated rings. The van der Waals surface area contributed by atoms with Crippen LogP contribution < -0.4 is 20.1 Å². The zero-order valence-electron chi connectivity index (χ0n) is 11.4. The van der Waals surface area contributed by atoms with E-state index in [9.17, 15) is 4.79 Å². The van der Waals surface area contributed by atoms with Gasteiger partial charge in [-0.3, -0.25) is 4.79 Å². The molecule has 1 aliphatic heterocycles. The van der Waals surface area contributed by atoms with Gasteiger partial charge < -0.3 is 20.1 Å². The number of carbonyl (C=O) groups is 1. The van der Waals surface area contributed by atoms with Gasteiger partial charge in [-0.1, -0.05) is 6.92 Å². The second kappa shape index (κ2) is 6.31. The highest BCUT2D eigenvalue weighted by Gasteiger charge is 2.15. The van der Waals surface area contributed by atoms with Crippen LogP contribution in [-0.2, 0) is 4.79 Å². The van der Waals surface area contributed by atoms with Crippen LogP contribution in [0, 0.1) is 0 Å². The molecule has 1 amide bonds. The van der Waals surface area contributed by atoms with Crippen molar-refractivity contribution in [3.05, 3.63) is 18.2 Å². The maximum Gasteiger partial charge on any atom is 0.242 e. The molecule has 0 aliphatic carbocycles. The number of benzene rings is 1. The molecule has 2 rings (SSSR count). The lowest BCUT2D eigenvalue weighted by Gasteiger charge is -2.20. The third kappa shape index (κ3) is 3.53. The zero-order valence-corrected chi connectivity index (χ0v) is 11.4. The topological polar surface area (TPSA) is 59.6 Å². The summed E-state index contributed by atoms with van der Waals surface area (Å²) in [7, 11) is 0. The molecule has 0 bridgehead atoms. The van der Waals surface area contributed by atoms with E-state index in [0.717, 1.165) is 23.6 Å². The second-order valence-electron chi connectivity index (χ2n) is 4.52. The van der Waals surface area contributed by atoms with Gasteiger partial charge in [0, 0.05) is 18.3 Å². The fourth-order valence-corrected chi connectivity index (χ4v) is 1.85. The molecule has 0 saturated heterocycles. The van der Waals surface area contributed by atoms with Crippen LogP contribution >= 0.6 is 0 Å². The molecule has 1 aromatic carbocycles. The Labute approximate surface area is 113 Å². The summed E-state index contributed by atoms with van der Waals surface area (Å²) in [5.41, 5.74) is 0.850. The van der Waals surface area contributed by atoms with E-state index in [0.29, 0.717) is 19.8 Å². The Bertz CT molecular complexity index is 448. The van der Waals surface area contributed by atoms with Crippen molar-refractivity contribution in [3.63, 3.8) is 0 Å². The summed E-state index contributed by atoms with van der Waals surface area (Å²) in [6.07, 6.45) is 0.933. The first kappa shape index (κ1) is 13.5. The van der Waals surface area contributed by atoms with E-state index in [4.69, 9.17) is 9.47 Å². The van der Waals surface area contributed by atoms with Crippen molar-refractivity contribution in [2.75, 3.05) is 25.1 Å². The van der Waals surface area contributed by atoms with Gasteiger partial charge in [0.15, 0.2) is 11.5 Å². The fraction of sp³-hybridized carbons (Fsp3) is 0.500. The average molecular weight is 264 g/mol. The first-order valence-electron chi connectivity index (χ1n) is 6.64. The molecule has 1 aromatic rings. The molecule has 5 heteroatoms. The number of amides is 1. The molecule has 1 aliphatic rings. The van der Waals surface area contributed by atoms with Crippen LogP contribution in [0.15, 0.2) is 18.2 Å². The Hall–Kier alpha value is -1.91. The van der Waals surface area contributed by atoms with E-state index in [1.165, 1.54) is 0 Å². The normalized spacial score (nSPS) is 14.6. The maximum atomic E-state index is 11.8. The number of nitrogens with one attached hydrogen (secondary N) is 2. The summed E-state index contributed by atoms with van der Waals surface area (Å²) in [6.45, 7) is 5.70. The van der Waals surface area contributed by atoms with E-state index < -0.39 is 0 Å². The molecule has 2 N–H and O–H groups in total. The lowest BCUT2D eigenvalue weighted by atomic mass is 10.2. The summed E-state index contributed by atoms with van der Waals surface area (Å²) < 4.78 is 11.0. The van der Waals surface area contributed by atoms with Gasteiger partial charge in [-0.05, 0) is 25.5 Å². The summed E-state index contributed by atoms with van der Waals surface area (Å²) in [4.78, 5) is 11.8. The van der Waals surface area contributed by atoms with Gasteiger partial charge in [-0.25, -0.2) is 0 Å². The summed E-state index contributed by atoms with van der Waals surface area (Å²) in [5, 5.41) is 6.01. The Morgan fingerprint density at radius 3 is 2.79 bits per heavy atom. The highest BCUT2D eigenvalue weighted by atomic mass is 16.6. The molecular formula is C14H20N2O3. The third-order valence-electron chi connectivity index (χ3n) is 2.87. The summed E-state index contributed by atoms with van der Waals surface area (Å²) in [6, 6.07) is 5.32. The first-order valence-corrected chi connectivity index (χ1v) is 6.64. The van der Waals surface area contributed by atoms with E-state index >= 15 is 0 Å². The van der Waals surface area contributed by atoms with Gasteiger partial charge in [0.05, 0.1) is 0 Å². The minimum Gasteiger partial charge on any atom is -0.486 e. The van der Waals surface area contributed by atoms with E-state index in [2.05, 4.69) is 10.6 Å². The van der Waals surface area contributed by atoms with Crippen LogP contribution in [-0.4, -0.2) is 31.7 Å². The molecule has 0 radical (unpaired) electrons. The van der Waals surface area contributed by atoms with Crippen LogP contribution in [0.25, 0.3) is 0 Å². The van der Waals surface area contributed by atoms with E-state index in [1.807, 2.05) is 32.0 Å². The van der Waals surface area contributed by atoms with Crippen LogP contribution in [0.4, 0.5) is 5.69 Å². The van der Waals surface area contributed by atoms with Gasteiger partial charge in [0.25, 0.3) is 0 Å². The highest BCUT2D eigenvalue weighted by Crippen LogP contribution is 2.32. The Kier molecular flexibility index (Phi) is 4.49.